The van der Waals surface area contributed by atoms with Crippen molar-refractivity contribution in [3.8, 4) is 0 Å². The molecule has 5 nitrogen and oxygen atoms in total. The molecule has 0 aliphatic rings. The highest BCUT2D eigenvalue weighted by molar-refractivity contribution is 5.78. The van der Waals surface area contributed by atoms with E-state index in [4.69, 9.17) is 4.84 Å². The van der Waals surface area contributed by atoms with Gasteiger partial charge < -0.3 is 0 Å². The van der Waals surface area contributed by atoms with Crippen LogP contribution in [-0.4, -0.2) is 22.3 Å². The summed E-state index contributed by atoms with van der Waals surface area (Å²) in [4.78, 5) is 16.2. The Hall–Kier alpha value is -1.36. The number of rotatable bonds is 4. The molecule has 0 aliphatic heterocycles. The van der Waals surface area contributed by atoms with Gasteiger partial charge >= 0.3 is 0 Å². The molecule has 0 bridgehead atoms. The minimum absolute atomic E-state index is 0.143. The van der Waals surface area contributed by atoms with Crippen LogP contribution in [0, 0.1) is 13.8 Å². The SMILES string of the molecule is CCONC(=O)Cc1c(C)nn(C)c1C. The van der Waals surface area contributed by atoms with Crippen LogP contribution >= 0.6 is 0 Å². The second-order valence-electron chi connectivity index (χ2n) is 3.41. The summed E-state index contributed by atoms with van der Waals surface area (Å²) in [5.41, 5.74) is 5.24. The van der Waals surface area contributed by atoms with Crippen molar-refractivity contribution in [2.75, 3.05) is 6.61 Å². The molecule has 15 heavy (non-hydrogen) atoms. The second kappa shape index (κ2) is 4.93. The molecular formula is C10H17N3O2. The lowest BCUT2D eigenvalue weighted by molar-refractivity contribution is -0.132. The minimum atomic E-state index is -0.143. The molecule has 5 heteroatoms. The van der Waals surface area contributed by atoms with Crippen molar-refractivity contribution in [3.05, 3.63) is 17.0 Å². The van der Waals surface area contributed by atoms with Crippen LogP contribution in [0.15, 0.2) is 0 Å². The third-order valence-electron chi connectivity index (χ3n) is 2.33. The van der Waals surface area contributed by atoms with E-state index in [0.717, 1.165) is 17.0 Å². The zero-order valence-corrected chi connectivity index (χ0v) is 9.63. The number of aromatic nitrogens is 2. The summed E-state index contributed by atoms with van der Waals surface area (Å²) in [5, 5.41) is 4.24. The molecule has 84 valence electrons. The largest absolute Gasteiger partial charge is 0.274 e. The Morgan fingerprint density at radius 3 is 2.67 bits per heavy atom. The van der Waals surface area contributed by atoms with Gasteiger partial charge in [0.15, 0.2) is 0 Å². The molecule has 0 atom stereocenters. The average molecular weight is 211 g/mol. The molecule has 0 aromatic carbocycles. The molecule has 0 saturated heterocycles. The topological polar surface area (TPSA) is 56.1 Å². The molecule has 1 rings (SSSR count). The van der Waals surface area contributed by atoms with E-state index in [9.17, 15) is 4.79 Å². The third kappa shape index (κ3) is 2.79. The van der Waals surface area contributed by atoms with Gasteiger partial charge in [-0.3, -0.25) is 14.3 Å². The van der Waals surface area contributed by atoms with Crippen molar-refractivity contribution in [2.24, 2.45) is 7.05 Å². The molecule has 1 aromatic heterocycles. The number of hydrogen-bond acceptors (Lipinski definition) is 3. The number of hydroxylamine groups is 1. The smallest absolute Gasteiger partial charge is 0.248 e. The molecule has 0 spiro atoms. The summed E-state index contributed by atoms with van der Waals surface area (Å²) in [5.74, 6) is -0.143. The van der Waals surface area contributed by atoms with E-state index in [-0.39, 0.29) is 5.91 Å². The van der Waals surface area contributed by atoms with Crippen LogP contribution < -0.4 is 5.48 Å². The number of amides is 1. The second-order valence-corrected chi connectivity index (χ2v) is 3.41. The number of nitrogens with zero attached hydrogens (tertiary/aromatic N) is 2. The first-order chi connectivity index (χ1) is 7.06. The van der Waals surface area contributed by atoms with Gasteiger partial charge in [0.2, 0.25) is 5.91 Å². The lowest BCUT2D eigenvalue weighted by Gasteiger charge is -2.04. The van der Waals surface area contributed by atoms with Gasteiger partial charge in [0, 0.05) is 18.3 Å². The number of hydrogen-bond donors (Lipinski definition) is 1. The van der Waals surface area contributed by atoms with Gasteiger partial charge in [-0.05, 0) is 20.8 Å². The Morgan fingerprint density at radius 1 is 1.53 bits per heavy atom. The van der Waals surface area contributed by atoms with Gasteiger partial charge in [-0.15, -0.1) is 0 Å². The van der Waals surface area contributed by atoms with Crippen molar-refractivity contribution in [2.45, 2.75) is 27.2 Å². The average Bonchev–Trinajstić information content (AvgIpc) is 2.42. The predicted octanol–water partition coefficient (Wildman–Crippen LogP) is 0.647. The Balaban J connectivity index is 2.68. The van der Waals surface area contributed by atoms with E-state index in [0.29, 0.717) is 13.0 Å². The van der Waals surface area contributed by atoms with Crippen LogP contribution in [0.2, 0.25) is 0 Å². The van der Waals surface area contributed by atoms with Crippen molar-refractivity contribution in [1.82, 2.24) is 15.3 Å². The highest BCUT2D eigenvalue weighted by atomic mass is 16.6. The molecule has 0 saturated carbocycles. The summed E-state index contributed by atoms with van der Waals surface area (Å²) in [6.45, 7) is 6.14. The summed E-state index contributed by atoms with van der Waals surface area (Å²) in [6.07, 6.45) is 0.311. The maximum Gasteiger partial charge on any atom is 0.248 e. The first-order valence-electron chi connectivity index (χ1n) is 4.96. The van der Waals surface area contributed by atoms with Crippen molar-refractivity contribution >= 4 is 5.91 Å². The Labute approximate surface area is 89.4 Å². The maximum absolute atomic E-state index is 11.4. The van der Waals surface area contributed by atoms with Gasteiger partial charge in [0.1, 0.15) is 0 Å². The van der Waals surface area contributed by atoms with E-state index < -0.39 is 0 Å². The van der Waals surface area contributed by atoms with Crippen LogP contribution in [0.25, 0.3) is 0 Å². The van der Waals surface area contributed by atoms with Crippen LogP contribution in [0.3, 0.4) is 0 Å². The first-order valence-corrected chi connectivity index (χ1v) is 4.96. The number of nitrogens with one attached hydrogen (secondary N) is 1. The predicted molar refractivity (Wildman–Crippen MR) is 56.2 cm³/mol. The lowest BCUT2D eigenvalue weighted by Crippen LogP contribution is -2.25. The van der Waals surface area contributed by atoms with Crippen molar-refractivity contribution in [1.29, 1.82) is 0 Å². The third-order valence-corrected chi connectivity index (χ3v) is 2.33. The Morgan fingerprint density at radius 2 is 2.20 bits per heavy atom. The van der Waals surface area contributed by atoms with Crippen molar-refractivity contribution in [3.63, 3.8) is 0 Å². The standard InChI is InChI=1S/C10H17N3O2/c1-5-15-12-10(14)6-9-7(2)11-13(4)8(9)3/h5-6H2,1-4H3,(H,12,14). The van der Waals surface area contributed by atoms with E-state index in [1.165, 1.54) is 0 Å². The Kier molecular flexibility index (Phi) is 3.85. The van der Waals surface area contributed by atoms with E-state index in [1.807, 2.05) is 27.8 Å². The molecule has 1 heterocycles. The zero-order chi connectivity index (χ0) is 11.4. The van der Waals surface area contributed by atoms with Gasteiger partial charge in [-0.2, -0.15) is 5.10 Å². The normalized spacial score (nSPS) is 10.4. The van der Waals surface area contributed by atoms with Gasteiger partial charge in [0.05, 0.1) is 18.7 Å². The summed E-state index contributed by atoms with van der Waals surface area (Å²) >= 11 is 0. The fourth-order valence-corrected chi connectivity index (χ4v) is 1.42. The maximum atomic E-state index is 11.4. The molecular weight excluding hydrogens is 194 g/mol. The van der Waals surface area contributed by atoms with Crippen LogP contribution in [-0.2, 0) is 23.1 Å². The van der Waals surface area contributed by atoms with Gasteiger partial charge in [0.25, 0.3) is 0 Å². The minimum Gasteiger partial charge on any atom is -0.274 e. The Bertz CT molecular complexity index is 358. The molecule has 0 unspecified atom stereocenters. The molecule has 0 radical (unpaired) electrons. The van der Waals surface area contributed by atoms with Crippen LogP contribution in [0.4, 0.5) is 0 Å². The lowest BCUT2D eigenvalue weighted by atomic mass is 10.1. The van der Waals surface area contributed by atoms with Gasteiger partial charge in [-0.25, -0.2) is 5.48 Å². The fraction of sp³-hybridized carbons (Fsp3) is 0.600. The number of carbonyl (C=O) groups is 1. The fourth-order valence-electron chi connectivity index (χ4n) is 1.42. The molecule has 1 N–H and O–H groups in total. The quantitative estimate of drug-likeness (QED) is 0.744. The van der Waals surface area contributed by atoms with E-state index in [1.54, 1.807) is 4.68 Å². The molecule has 1 aromatic rings. The zero-order valence-electron chi connectivity index (χ0n) is 9.63. The van der Waals surface area contributed by atoms with Crippen LogP contribution in [0.1, 0.15) is 23.9 Å². The molecule has 1 amide bonds. The van der Waals surface area contributed by atoms with E-state index >= 15 is 0 Å². The summed E-state index contributed by atoms with van der Waals surface area (Å²) in [7, 11) is 1.87. The first kappa shape index (κ1) is 11.7. The number of carbonyl (C=O) groups excluding carboxylic acids is 1. The van der Waals surface area contributed by atoms with Crippen molar-refractivity contribution < 1.29 is 9.63 Å². The van der Waals surface area contributed by atoms with E-state index in [2.05, 4.69) is 10.6 Å². The monoisotopic (exact) mass is 211 g/mol. The van der Waals surface area contributed by atoms with Crippen LogP contribution in [0.5, 0.6) is 0 Å². The highest BCUT2D eigenvalue weighted by Crippen LogP contribution is 2.12. The molecule has 0 aliphatic carbocycles. The highest BCUT2D eigenvalue weighted by Gasteiger charge is 2.12. The molecule has 0 fully saturated rings. The van der Waals surface area contributed by atoms with Gasteiger partial charge in [-0.1, -0.05) is 0 Å². The summed E-state index contributed by atoms with van der Waals surface area (Å²) in [6, 6.07) is 0. The number of aryl methyl sites for hydroxylation is 2. The summed E-state index contributed by atoms with van der Waals surface area (Å²) < 4.78 is 1.78.